The Hall–Kier alpha value is -3.48. The first kappa shape index (κ1) is 21.7. The van der Waals surface area contributed by atoms with Gasteiger partial charge in [0.15, 0.2) is 6.61 Å². The molecule has 1 aliphatic heterocycles. The van der Waals surface area contributed by atoms with Crippen LogP contribution in [0, 0.1) is 5.92 Å². The van der Waals surface area contributed by atoms with Crippen LogP contribution in [0.15, 0.2) is 48.5 Å². The van der Waals surface area contributed by atoms with Crippen molar-refractivity contribution in [1.82, 2.24) is 10.2 Å². The van der Waals surface area contributed by atoms with Gasteiger partial charge in [0.1, 0.15) is 0 Å². The summed E-state index contributed by atoms with van der Waals surface area (Å²) in [6.07, 6.45) is 4.26. The highest BCUT2D eigenvalue weighted by molar-refractivity contribution is 6.21. The molecule has 1 aliphatic carbocycles. The van der Waals surface area contributed by atoms with Crippen molar-refractivity contribution >= 4 is 23.7 Å². The van der Waals surface area contributed by atoms with Gasteiger partial charge in [0.05, 0.1) is 23.2 Å². The maximum absolute atomic E-state index is 12.8. The number of amides is 3. The number of nitrogens with zero attached hydrogens (tertiary/aromatic N) is 1. The van der Waals surface area contributed by atoms with Crippen LogP contribution < -0.4 is 5.32 Å². The molecule has 0 spiro atoms. The molecule has 0 radical (unpaired) electrons. The molecule has 0 bridgehead atoms. The lowest BCUT2D eigenvalue weighted by Crippen LogP contribution is -2.42. The molecule has 0 aromatic heterocycles. The molecule has 1 heterocycles. The molecule has 2 aromatic carbocycles. The molecule has 0 saturated heterocycles. The van der Waals surface area contributed by atoms with Crippen LogP contribution in [0.2, 0.25) is 0 Å². The quantitative estimate of drug-likeness (QED) is 0.556. The number of fused-ring (bicyclic) bond motifs is 1. The maximum atomic E-state index is 12.8. The van der Waals surface area contributed by atoms with Gasteiger partial charge in [-0.3, -0.25) is 19.3 Å². The van der Waals surface area contributed by atoms with E-state index in [2.05, 4.69) is 12.2 Å². The van der Waals surface area contributed by atoms with E-state index in [1.165, 1.54) is 24.6 Å². The van der Waals surface area contributed by atoms with Crippen LogP contribution in [0.5, 0.6) is 0 Å². The van der Waals surface area contributed by atoms with Crippen molar-refractivity contribution in [2.75, 3.05) is 6.61 Å². The smallest absolute Gasteiger partial charge is 0.338 e. The number of esters is 1. The van der Waals surface area contributed by atoms with E-state index in [1.54, 1.807) is 0 Å². The largest absolute Gasteiger partial charge is 0.452 e. The Morgan fingerprint density at radius 3 is 2.47 bits per heavy atom. The molecule has 2 aromatic rings. The molecule has 7 heteroatoms. The lowest BCUT2D eigenvalue weighted by Gasteiger charge is -2.29. The molecular weight excluding hydrogens is 408 g/mol. The highest BCUT2D eigenvalue weighted by Gasteiger charge is 2.36. The van der Waals surface area contributed by atoms with Crippen LogP contribution in [0.1, 0.15) is 69.2 Å². The van der Waals surface area contributed by atoms with E-state index in [1.807, 2.05) is 30.3 Å². The molecule has 2 unspecified atom stereocenters. The Balaban J connectivity index is 1.38. The van der Waals surface area contributed by atoms with Gasteiger partial charge in [-0.25, -0.2) is 4.79 Å². The van der Waals surface area contributed by atoms with Gasteiger partial charge in [-0.15, -0.1) is 0 Å². The van der Waals surface area contributed by atoms with Gasteiger partial charge < -0.3 is 10.1 Å². The molecule has 1 saturated carbocycles. The first-order chi connectivity index (χ1) is 15.4. The minimum absolute atomic E-state index is 0.106. The third-order valence-corrected chi connectivity index (χ3v) is 6.18. The zero-order valence-electron chi connectivity index (χ0n) is 18.0. The number of nitrogens with one attached hydrogen (secondary N) is 1. The van der Waals surface area contributed by atoms with Crippen LogP contribution in [-0.4, -0.2) is 41.2 Å². The van der Waals surface area contributed by atoms with Gasteiger partial charge in [-0.05, 0) is 42.5 Å². The predicted octanol–water partition coefficient (Wildman–Crippen LogP) is 3.33. The Kier molecular flexibility index (Phi) is 6.35. The lowest BCUT2D eigenvalue weighted by atomic mass is 9.86. The minimum Gasteiger partial charge on any atom is -0.452 e. The average Bonchev–Trinajstić information content (AvgIpc) is 3.04. The summed E-state index contributed by atoms with van der Waals surface area (Å²) < 4.78 is 5.15. The molecule has 3 amide bonds. The normalized spacial score (nSPS) is 20.1. The Labute approximate surface area is 186 Å². The van der Waals surface area contributed by atoms with Gasteiger partial charge >= 0.3 is 5.97 Å². The topological polar surface area (TPSA) is 92.8 Å². The molecule has 166 valence electrons. The van der Waals surface area contributed by atoms with Crippen LogP contribution >= 0.6 is 0 Å². The summed E-state index contributed by atoms with van der Waals surface area (Å²) in [5.74, 6) is -1.48. The number of hydrogen-bond acceptors (Lipinski definition) is 5. The van der Waals surface area contributed by atoms with Crippen molar-refractivity contribution in [3.8, 4) is 0 Å². The van der Waals surface area contributed by atoms with Gasteiger partial charge in [-0.1, -0.05) is 50.1 Å². The molecule has 7 nitrogen and oxygen atoms in total. The zero-order valence-corrected chi connectivity index (χ0v) is 18.0. The van der Waals surface area contributed by atoms with Gasteiger partial charge in [0.2, 0.25) is 0 Å². The molecule has 1 fully saturated rings. The van der Waals surface area contributed by atoms with E-state index in [-0.39, 0.29) is 41.8 Å². The fraction of sp³-hybridized carbons (Fsp3) is 0.360. The van der Waals surface area contributed by atoms with Crippen LogP contribution in [0.3, 0.4) is 0 Å². The van der Waals surface area contributed by atoms with Crippen molar-refractivity contribution in [2.24, 2.45) is 5.92 Å². The number of rotatable bonds is 6. The summed E-state index contributed by atoms with van der Waals surface area (Å²) in [7, 11) is 0. The number of carbonyl (C=O) groups excluding carboxylic acids is 4. The fourth-order valence-electron chi connectivity index (χ4n) is 4.32. The molecule has 2 atom stereocenters. The zero-order chi connectivity index (χ0) is 22.7. The number of ether oxygens (including phenoxy) is 1. The molecule has 4 rings (SSSR count). The number of imide groups is 1. The Morgan fingerprint density at radius 1 is 1.00 bits per heavy atom. The van der Waals surface area contributed by atoms with Gasteiger partial charge in [0.25, 0.3) is 17.7 Å². The number of carbonyl (C=O) groups is 4. The van der Waals surface area contributed by atoms with E-state index >= 15 is 0 Å². The number of hydrogen-bond donors (Lipinski definition) is 1. The first-order valence-electron chi connectivity index (χ1n) is 10.9. The molecule has 1 N–H and O–H groups in total. The predicted molar refractivity (Wildman–Crippen MR) is 117 cm³/mol. The van der Waals surface area contributed by atoms with E-state index in [9.17, 15) is 19.2 Å². The molecular formula is C25H26N2O5. The van der Waals surface area contributed by atoms with Crippen molar-refractivity contribution in [2.45, 2.75) is 45.2 Å². The van der Waals surface area contributed by atoms with Crippen molar-refractivity contribution in [3.63, 3.8) is 0 Å². The summed E-state index contributed by atoms with van der Waals surface area (Å²) >= 11 is 0. The lowest BCUT2D eigenvalue weighted by molar-refractivity contribution is -0.125. The van der Waals surface area contributed by atoms with Crippen LogP contribution in [0.4, 0.5) is 0 Å². The third-order valence-electron chi connectivity index (χ3n) is 6.18. The third kappa shape index (κ3) is 4.56. The summed E-state index contributed by atoms with van der Waals surface area (Å²) in [6.45, 7) is 1.89. The van der Waals surface area contributed by atoms with Gasteiger partial charge in [-0.2, -0.15) is 0 Å². The monoisotopic (exact) mass is 434 g/mol. The Morgan fingerprint density at radius 2 is 1.72 bits per heavy atom. The summed E-state index contributed by atoms with van der Waals surface area (Å²) in [5.41, 5.74) is 1.39. The molecule has 32 heavy (non-hydrogen) atoms. The first-order valence-corrected chi connectivity index (χ1v) is 10.9. The van der Waals surface area contributed by atoms with Crippen LogP contribution in [0.25, 0.3) is 0 Å². The summed E-state index contributed by atoms with van der Waals surface area (Å²) in [6, 6.07) is 13.6. The standard InChI is InChI=1S/C25H26N2O5/c1-16-7-5-6-10-21(16)26-22(28)15-32-25(31)18-11-12-19-20(13-18)24(30)27(23(19)29)14-17-8-3-2-4-9-17/h2-4,8-9,11-13,16,21H,5-7,10,14-15H2,1H3,(H,26,28). The summed E-state index contributed by atoms with van der Waals surface area (Å²) in [4.78, 5) is 51.3. The van der Waals surface area contributed by atoms with E-state index in [4.69, 9.17) is 4.74 Å². The summed E-state index contributed by atoms with van der Waals surface area (Å²) in [5, 5.41) is 2.94. The minimum atomic E-state index is -0.707. The van der Waals surface area contributed by atoms with E-state index in [0.29, 0.717) is 5.92 Å². The van der Waals surface area contributed by atoms with Gasteiger partial charge in [0, 0.05) is 6.04 Å². The fourth-order valence-corrected chi connectivity index (χ4v) is 4.32. The Bertz CT molecular complexity index is 1050. The highest BCUT2D eigenvalue weighted by atomic mass is 16.5. The average molecular weight is 434 g/mol. The van der Waals surface area contributed by atoms with E-state index in [0.717, 1.165) is 29.7 Å². The second kappa shape index (κ2) is 9.34. The second-order valence-electron chi connectivity index (χ2n) is 8.45. The molecule has 2 aliphatic rings. The maximum Gasteiger partial charge on any atom is 0.338 e. The highest BCUT2D eigenvalue weighted by Crippen LogP contribution is 2.26. The van der Waals surface area contributed by atoms with Crippen molar-refractivity contribution < 1.29 is 23.9 Å². The second-order valence-corrected chi connectivity index (χ2v) is 8.45. The van der Waals surface area contributed by atoms with E-state index < -0.39 is 17.8 Å². The van der Waals surface area contributed by atoms with Crippen molar-refractivity contribution in [1.29, 1.82) is 0 Å². The SMILES string of the molecule is CC1CCCCC1NC(=O)COC(=O)c1ccc2c(c1)C(=O)N(Cc1ccccc1)C2=O. The van der Waals surface area contributed by atoms with Crippen molar-refractivity contribution in [3.05, 3.63) is 70.8 Å². The van der Waals surface area contributed by atoms with Crippen LogP contribution in [-0.2, 0) is 16.1 Å². The number of benzene rings is 2.